The highest BCUT2D eigenvalue weighted by atomic mass is 35.5. The molecule has 0 bridgehead atoms. The summed E-state index contributed by atoms with van der Waals surface area (Å²) in [6.07, 6.45) is -0.557. The molecule has 0 saturated carbocycles. The van der Waals surface area contributed by atoms with Crippen LogP contribution in [-0.4, -0.2) is 34.6 Å². The molecule has 0 fully saturated rings. The molecule has 0 saturated heterocycles. The van der Waals surface area contributed by atoms with Gasteiger partial charge in [-0.05, 0) is 12.1 Å². The number of carboxylic acids is 2. The molecule has 0 aliphatic heterocycles. The van der Waals surface area contributed by atoms with Crippen molar-refractivity contribution in [3.05, 3.63) is 34.9 Å². The number of carbonyl (C=O) groups excluding carboxylic acids is 1. The van der Waals surface area contributed by atoms with Gasteiger partial charge >= 0.3 is 11.9 Å². The highest BCUT2D eigenvalue weighted by molar-refractivity contribution is 6.33. The number of carbonyl (C=O) groups is 3. The van der Waals surface area contributed by atoms with Gasteiger partial charge in [0.2, 0.25) is 0 Å². The molecule has 7 heteroatoms. The number of halogens is 1. The summed E-state index contributed by atoms with van der Waals surface area (Å²) in [7, 11) is 0. The first kappa shape index (κ1) is 15.0. The minimum absolute atomic E-state index is 0.212. The number of hydrogen-bond donors (Lipinski definition) is 3. The Morgan fingerprint density at radius 3 is 2.37 bits per heavy atom. The number of nitrogens with one attached hydrogen (secondary N) is 1. The maximum atomic E-state index is 11.7. The molecule has 1 aromatic carbocycles. The standard InChI is InChI=1S/C12H12ClNO5/c13-9-4-2-1-3-8(9)11(17)14-6-7(12(18)19)5-10(15)16/h1-4,7H,5-6H2,(H,14,17)(H,15,16)(H,18,19). The van der Waals surface area contributed by atoms with E-state index < -0.39 is 30.2 Å². The Morgan fingerprint density at radius 2 is 1.84 bits per heavy atom. The molecular formula is C12H12ClNO5. The van der Waals surface area contributed by atoms with Gasteiger partial charge in [0.25, 0.3) is 5.91 Å². The zero-order chi connectivity index (χ0) is 14.4. The molecule has 1 unspecified atom stereocenters. The van der Waals surface area contributed by atoms with Crippen LogP contribution >= 0.6 is 11.6 Å². The van der Waals surface area contributed by atoms with Crippen molar-refractivity contribution in [2.24, 2.45) is 5.92 Å². The summed E-state index contributed by atoms with van der Waals surface area (Å²) in [6, 6.07) is 6.29. The van der Waals surface area contributed by atoms with E-state index in [0.29, 0.717) is 0 Å². The van der Waals surface area contributed by atoms with Crippen LogP contribution in [0.3, 0.4) is 0 Å². The number of hydrogen-bond acceptors (Lipinski definition) is 3. The number of benzene rings is 1. The van der Waals surface area contributed by atoms with E-state index in [2.05, 4.69) is 5.32 Å². The van der Waals surface area contributed by atoms with E-state index in [1.165, 1.54) is 12.1 Å². The summed E-state index contributed by atoms with van der Waals surface area (Å²) < 4.78 is 0. The second kappa shape index (κ2) is 6.75. The van der Waals surface area contributed by atoms with Gasteiger partial charge in [-0.25, -0.2) is 0 Å². The van der Waals surface area contributed by atoms with Crippen LogP contribution in [-0.2, 0) is 9.59 Å². The summed E-state index contributed by atoms with van der Waals surface area (Å²) in [4.78, 5) is 33.0. The Bertz CT molecular complexity index is 503. The summed E-state index contributed by atoms with van der Waals surface area (Å²) in [6.45, 7) is -0.272. The van der Waals surface area contributed by atoms with Crippen molar-refractivity contribution in [3.63, 3.8) is 0 Å². The van der Waals surface area contributed by atoms with Crippen molar-refractivity contribution in [1.82, 2.24) is 5.32 Å². The first-order chi connectivity index (χ1) is 8.91. The molecule has 0 aromatic heterocycles. The average Bonchev–Trinajstić information content (AvgIpc) is 2.34. The summed E-state index contributed by atoms with van der Waals surface area (Å²) in [5, 5.41) is 20.0. The van der Waals surface area contributed by atoms with Crippen LogP contribution in [0.15, 0.2) is 24.3 Å². The number of amides is 1. The minimum atomic E-state index is -1.28. The zero-order valence-corrected chi connectivity index (χ0v) is 10.6. The van der Waals surface area contributed by atoms with E-state index in [0.717, 1.165) is 0 Å². The topological polar surface area (TPSA) is 104 Å². The van der Waals surface area contributed by atoms with Crippen molar-refractivity contribution < 1.29 is 24.6 Å². The fourth-order valence-electron chi connectivity index (χ4n) is 1.41. The van der Waals surface area contributed by atoms with Gasteiger partial charge < -0.3 is 15.5 Å². The molecule has 102 valence electrons. The number of rotatable bonds is 6. The Kier molecular flexibility index (Phi) is 5.32. The van der Waals surface area contributed by atoms with E-state index in [9.17, 15) is 14.4 Å². The maximum Gasteiger partial charge on any atom is 0.308 e. The Balaban J connectivity index is 2.65. The van der Waals surface area contributed by atoms with Gasteiger partial charge in [-0.2, -0.15) is 0 Å². The lowest BCUT2D eigenvalue weighted by Crippen LogP contribution is -2.34. The lowest BCUT2D eigenvalue weighted by atomic mass is 10.1. The molecular weight excluding hydrogens is 274 g/mol. The molecule has 0 aliphatic rings. The fraction of sp³-hybridized carbons (Fsp3) is 0.250. The van der Waals surface area contributed by atoms with Crippen molar-refractivity contribution in [3.8, 4) is 0 Å². The first-order valence-electron chi connectivity index (χ1n) is 5.39. The third kappa shape index (κ3) is 4.59. The van der Waals surface area contributed by atoms with Gasteiger partial charge in [-0.15, -0.1) is 0 Å². The Labute approximate surface area is 114 Å². The van der Waals surface area contributed by atoms with Crippen LogP contribution in [0.4, 0.5) is 0 Å². The summed E-state index contributed by atoms with van der Waals surface area (Å²) >= 11 is 5.81. The predicted molar refractivity (Wildman–Crippen MR) is 67.2 cm³/mol. The molecule has 3 N–H and O–H groups in total. The minimum Gasteiger partial charge on any atom is -0.481 e. The zero-order valence-electron chi connectivity index (χ0n) is 9.80. The molecule has 1 amide bonds. The first-order valence-corrected chi connectivity index (χ1v) is 5.77. The predicted octanol–water partition coefficient (Wildman–Crippen LogP) is 1.25. The Hall–Kier alpha value is -2.08. The van der Waals surface area contributed by atoms with Gasteiger partial charge in [0.1, 0.15) is 0 Å². The second-order valence-corrected chi connectivity index (χ2v) is 4.23. The quantitative estimate of drug-likeness (QED) is 0.729. The molecule has 0 heterocycles. The van der Waals surface area contributed by atoms with Crippen LogP contribution in [0.5, 0.6) is 0 Å². The lowest BCUT2D eigenvalue weighted by molar-refractivity contribution is -0.148. The average molecular weight is 286 g/mol. The molecule has 0 aliphatic carbocycles. The van der Waals surface area contributed by atoms with Crippen LogP contribution in [0.25, 0.3) is 0 Å². The molecule has 19 heavy (non-hydrogen) atoms. The van der Waals surface area contributed by atoms with Crippen molar-refractivity contribution >= 4 is 29.4 Å². The molecule has 0 spiro atoms. The van der Waals surface area contributed by atoms with E-state index in [-0.39, 0.29) is 17.1 Å². The normalized spacial score (nSPS) is 11.6. The van der Waals surface area contributed by atoms with Crippen molar-refractivity contribution in [2.45, 2.75) is 6.42 Å². The molecule has 1 rings (SSSR count). The number of aliphatic carboxylic acids is 2. The van der Waals surface area contributed by atoms with Crippen LogP contribution < -0.4 is 5.32 Å². The van der Waals surface area contributed by atoms with Crippen LogP contribution in [0.1, 0.15) is 16.8 Å². The fourth-order valence-corrected chi connectivity index (χ4v) is 1.64. The number of carboxylic acid groups (broad SMARTS) is 2. The second-order valence-electron chi connectivity index (χ2n) is 3.82. The van der Waals surface area contributed by atoms with Gasteiger partial charge in [-0.1, -0.05) is 23.7 Å². The van der Waals surface area contributed by atoms with Gasteiger partial charge in [-0.3, -0.25) is 14.4 Å². The SMILES string of the molecule is O=C(O)CC(CNC(=O)c1ccccc1Cl)C(=O)O. The van der Waals surface area contributed by atoms with E-state index >= 15 is 0 Å². The van der Waals surface area contributed by atoms with Crippen LogP contribution in [0.2, 0.25) is 5.02 Å². The molecule has 1 atom stereocenters. The largest absolute Gasteiger partial charge is 0.481 e. The molecule has 0 radical (unpaired) electrons. The van der Waals surface area contributed by atoms with Crippen LogP contribution in [0, 0.1) is 5.92 Å². The third-order valence-corrected chi connectivity index (χ3v) is 2.73. The van der Waals surface area contributed by atoms with Crippen molar-refractivity contribution in [2.75, 3.05) is 6.54 Å². The van der Waals surface area contributed by atoms with Gasteiger partial charge in [0, 0.05) is 6.54 Å². The Morgan fingerprint density at radius 1 is 1.21 bits per heavy atom. The maximum absolute atomic E-state index is 11.7. The third-order valence-electron chi connectivity index (χ3n) is 2.40. The summed E-state index contributed by atoms with van der Waals surface area (Å²) in [5.74, 6) is -4.23. The van der Waals surface area contributed by atoms with Gasteiger partial charge in [0.05, 0.1) is 22.9 Å². The highest BCUT2D eigenvalue weighted by Crippen LogP contribution is 2.14. The van der Waals surface area contributed by atoms with E-state index in [4.69, 9.17) is 21.8 Å². The molecule has 6 nitrogen and oxygen atoms in total. The smallest absolute Gasteiger partial charge is 0.308 e. The van der Waals surface area contributed by atoms with Gasteiger partial charge in [0.15, 0.2) is 0 Å². The molecule has 1 aromatic rings. The lowest BCUT2D eigenvalue weighted by Gasteiger charge is -2.11. The van der Waals surface area contributed by atoms with E-state index in [1.54, 1.807) is 12.1 Å². The van der Waals surface area contributed by atoms with E-state index in [1.807, 2.05) is 0 Å². The highest BCUT2D eigenvalue weighted by Gasteiger charge is 2.22. The van der Waals surface area contributed by atoms with Crippen molar-refractivity contribution in [1.29, 1.82) is 0 Å². The summed E-state index contributed by atoms with van der Waals surface area (Å²) in [5.41, 5.74) is 0.212. The monoisotopic (exact) mass is 285 g/mol.